The first-order valence-corrected chi connectivity index (χ1v) is 7.53. The number of carboxylic acids is 1. The number of methoxy groups -OCH3 is 2. The number of nitrogens with zero attached hydrogens (tertiary/aromatic N) is 3. The molecule has 0 unspecified atom stereocenters. The van der Waals surface area contributed by atoms with Crippen molar-refractivity contribution in [1.29, 1.82) is 0 Å². The lowest BCUT2D eigenvalue weighted by Crippen LogP contribution is -2.04. The van der Waals surface area contributed by atoms with Crippen molar-refractivity contribution < 1.29 is 19.4 Å². The van der Waals surface area contributed by atoms with E-state index in [2.05, 4.69) is 10.3 Å². The lowest BCUT2D eigenvalue weighted by molar-refractivity contribution is 0.0691. The number of aromatic carboxylic acids is 1. The number of aryl methyl sites for hydroxylation is 1. The van der Waals surface area contributed by atoms with Crippen LogP contribution in [0.3, 0.4) is 0 Å². The third-order valence-corrected chi connectivity index (χ3v) is 3.78. The summed E-state index contributed by atoms with van der Waals surface area (Å²) in [6.45, 7) is 1.94. The van der Waals surface area contributed by atoms with E-state index in [1.165, 1.54) is 11.8 Å². The predicted molar refractivity (Wildman–Crippen MR) is 91.6 cm³/mol. The van der Waals surface area contributed by atoms with Crippen molar-refractivity contribution in [2.24, 2.45) is 0 Å². The van der Waals surface area contributed by atoms with Crippen LogP contribution < -0.4 is 9.47 Å². The minimum atomic E-state index is -1.14. The van der Waals surface area contributed by atoms with Crippen LogP contribution in [-0.2, 0) is 0 Å². The Morgan fingerprint density at radius 3 is 2.48 bits per heavy atom. The number of benzene rings is 2. The number of carbonyl (C=O) groups is 1. The van der Waals surface area contributed by atoms with Gasteiger partial charge < -0.3 is 14.6 Å². The molecule has 3 aromatic rings. The van der Waals surface area contributed by atoms with Crippen LogP contribution in [0.15, 0.2) is 42.5 Å². The van der Waals surface area contributed by atoms with Crippen LogP contribution in [0.1, 0.15) is 16.1 Å². The van der Waals surface area contributed by atoms with Gasteiger partial charge in [-0.25, -0.2) is 9.48 Å². The Hall–Kier alpha value is -3.35. The predicted octanol–water partition coefficient (Wildman–Crippen LogP) is 2.96. The molecule has 7 nitrogen and oxygen atoms in total. The highest BCUT2D eigenvalue weighted by Crippen LogP contribution is 2.32. The first-order chi connectivity index (χ1) is 12.0. The molecule has 0 amide bonds. The van der Waals surface area contributed by atoms with E-state index in [-0.39, 0.29) is 5.69 Å². The van der Waals surface area contributed by atoms with Gasteiger partial charge in [0.2, 0.25) is 0 Å². The van der Waals surface area contributed by atoms with Crippen molar-refractivity contribution in [2.45, 2.75) is 6.92 Å². The largest absolute Gasteiger partial charge is 0.493 e. The second-order valence-corrected chi connectivity index (χ2v) is 5.41. The van der Waals surface area contributed by atoms with Crippen molar-refractivity contribution in [3.05, 3.63) is 53.7 Å². The highest BCUT2D eigenvalue weighted by molar-refractivity contribution is 5.93. The number of hydrogen-bond donors (Lipinski definition) is 1. The molecule has 128 valence electrons. The molecule has 0 fully saturated rings. The molecule has 2 aromatic carbocycles. The fraction of sp³-hybridized carbons (Fsp3) is 0.167. The molecule has 0 aliphatic carbocycles. The fourth-order valence-electron chi connectivity index (χ4n) is 2.61. The molecule has 1 heterocycles. The summed E-state index contributed by atoms with van der Waals surface area (Å²) < 4.78 is 12.0. The van der Waals surface area contributed by atoms with E-state index in [9.17, 15) is 9.90 Å². The van der Waals surface area contributed by atoms with Crippen molar-refractivity contribution in [3.63, 3.8) is 0 Å². The molecule has 0 radical (unpaired) electrons. The van der Waals surface area contributed by atoms with Gasteiger partial charge >= 0.3 is 5.97 Å². The van der Waals surface area contributed by atoms with Gasteiger partial charge in [-0.15, -0.1) is 5.10 Å². The molecule has 0 aliphatic heterocycles. The van der Waals surface area contributed by atoms with Crippen LogP contribution in [0, 0.1) is 6.92 Å². The summed E-state index contributed by atoms with van der Waals surface area (Å²) in [5.41, 5.74) is 2.64. The SMILES string of the molecule is COc1ccc(-n2nnc(C(=O)O)c2-c2cccc(C)c2)cc1OC. The highest BCUT2D eigenvalue weighted by atomic mass is 16.5. The van der Waals surface area contributed by atoms with Gasteiger partial charge in [-0.2, -0.15) is 0 Å². The van der Waals surface area contributed by atoms with Crippen molar-refractivity contribution in [1.82, 2.24) is 15.0 Å². The first kappa shape index (κ1) is 16.5. The number of ether oxygens (including phenoxy) is 2. The van der Waals surface area contributed by atoms with Crippen LogP contribution in [0.5, 0.6) is 11.5 Å². The first-order valence-electron chi connectivity index (χ1n) is 7.53. The van der Waals surface area contributed by atoms with Gasteiger partial charge in [-0.3, -0.25) is 0 Å². The van der Waals surface area contributed by atoms with E-state index in [1.807, 2.05) is 31.2 Å². The molecule has 0 atom stereocenters. The van der Waals surface area contributed by atoms with E-state index in [0.29, 0.717) is 22.9 Å². The molecule has 3 rings (SSSR count). The summed E-state index contributed by atoms with van der Waals surface area (Å²) in [5.74, 6) is -0.0484. The lowest BCUT2D eigenvalue weighted by Gasteiger charge is -2.11. The van der Waals surface area contributed by atoms with Crippen LogP contribution in [-0.4, -0.2) is 40.3 Å². The fourth-order valence-corrected chi connectivity index (χ4v) is 2.61. The Morgan fingerprint density at radius 1 is 1.08 bits per heavy atom. The van der Waals surface area contributed by atoms with Crippen LogP contribution in [0.2, 0.25) is 0 Å². The number of carboxylic acid groups (broad SMARTS) is 1. The standard InChI is InChI=1S/C18H17N3O4/c1-11-5-4-6-12(9-11)17-16(18(22)23)19-20-21(17)13-7-8-14(24-2)15(10-13)25-3/h4-10H,1-3H3,(H,22,23). The van der Waals surface area contributed by atoms with E-state index >= 15 is 0 Å². The summed E-state index contributed by atoms with van der Waals surface area (Å²) in [5, 5.41) is 17.4. The summed E-state index contributed by atoms with van der Waals surface area (Å²) in [6, 6.07) is 12.7. The van der Waals surface area contributed by atoms with Gasteiger partial charge in [0.15, 0.2) is 17.2 Å². The Bertz CT molecular complexity index is 934. The monoisotopic (exact) mass is 339 g/mol. The zero-order chi connectivity index (χ0) is 18.0. The average molecular weight is 339 g/mol. The molecular weight excluding hydrogens is 322 g/mol. The van der Waals surface area contributed by atoms with Crippen molar-refractivity contribution in [2.75, 3.05) is 14.2 Å². The maximum Gasteiger partial charge on any atom is 0.358 e. The molecule has 0 spiro atoms. The number of aromatic nitrogens is 3. The third kappa shape index (κ3) is 3.03. The van der Waals surface area contributed by atoms with Crippen LogP contribution in [0.4, 0.5) is 0 Å². The Balaban J connectivity index is 2.22. The molecule has 0 bridgehead atoms. The zero-order valence-corrected chi connectivity index (χ0v) is 14.1. The van der Waals surface area contributed by atoms with Gasteiger partial charge in [0, 0.05) is 11.6 Å². The average Bonchev–Trinajstić information content (AvgIpc) is 3.06. The lowest BCUT2D eigenvalue weighted by atomic mass is 10.1. The summed E-state index contributed by atoms with van der Waals surface area (Å²) in [7, 11) is 3.08. The minimum Gasteiger partial charge on any atom is -0.493 e. The summed E-state index contributed by atoms with van der Waals surface area (Å²) >= 11 is 0. The topological polar surface area (TPSA) is 86.5 Å². The zero-order valence-electron chi connectivity index (χ0n) is 14.1. The molecule has 7 heteroatoms. The Labute approximate surface area is 144 Å². The smallest absolute Gasteiger partial charge is 0.358 e. The Kier molecular flexibility index (Phi) is 4.38. The van der Waals surface area contributed by atoms with Crippen molar-refractivity contribution in [3.8, 4) is 28.4 Å². The minimum absolute atomic E-state index is 0.111. The maximum atomic E-state index is 11.6. The van der Waals surface area contributed by atoms with Crippen molar-refractivity contribution >= 4 is 5.97 Å². The quantitative estimate of drug-likeness (QED) is 0.769. The molecule has 1 aromatic heterocycles. The molecule has 25 heavy (non-hydrogen) atoms. The normalized spacial score (nSPS) is 10.5. The van der Waals surface area contributed by atoms with Crippen LogP contribution in [0.25, 0.3) is 16.9 Å². The van der Waals surface area contributed by atoms with E-state index in [1.54, 1.807) is 25.3 Å². The molecule has 0 saturated carbocycles. The highest BCUT2D eigenvalue weighted by Gasteiger charge is 2.22. The maximum absolute atomic E-state index is 11.6. The molecule has 1 N–H and O–H groups in total. The summed E-state index contributed by atoms with van der Waals surface area (Å²) in [6.07, 6.45) is 0. The summed E-state index contributed by atoms with van der Waals surface area (Å²) in [4.78, 5) is 11.6. The second kappa shape index (κ2) is 6.64. The van der Waals surface area contributed by atoms with E-state index in [4.69, 9.17) is 9.47 Å². The second-order valence-electron chi connectivity index (χ2n) is 5.41. The van der Waals surface area contributed by atoms with Gasteiger partial charge in [0.05, 0.1) is 19.9 Å². The number of hydrogen-bond acceptors (Lipinski definition) is 5. The number of rotatable bonds is 5. The van der Waals surface area contributed by atoms with Gasteiger partial charge in [-0.05, 0) is 25.1 Å². The van der Waals surface area contributed by atoms with E-state index in [0.717, 1.165) is 11.1 Å². The van der Waals surface area contributed by atoms with E-state index < -0.39 is 5.97 Å². The van der Waals surface area contributed by atoms with Gasteiger partial charge in [0.25, 0.3) is 0 Å². The molecular formula is C18H17N3O4. The third-order valence-electron chi connectivity index (χ3n) is 3.78. The Morgan fingerprint density at radius 2 is 1.84 bits per heavy atom. The van der Waals surface area contributed by atoms with Gasteiger partial charge in [-0.1, -0.05) is 29.0 Å². The molecule has 0 aliphatic rings. The van der Waals surface area contributed by atoms with Crippen LogP contribution >= 0.6 is 0 Å². The van der Waals surface area contributed by atoms with Gasteiger partial charge in [0.1, 0.15) is 5.69 Å². The molecule has 0 saturated heterocycles.